The van der Waals surface area contributed by atoms with Crippen molar-refractivity contribution in [1.82, 2.24) is 0 Å². The molecule has 0 fully saturated rings. The monoisotopic (exact) mass is 278 g/mol. The van der Waals surface area contributed by atoms with Crippen molar-refractivity contribution in [2.24, 2.45) is 0 Å². The molecule has 104 valence electrons. The van der Waals surface area contributed by atoms with Crippen molar-refractivity contribution >= 4 is 5.78 Å². The first-order valence-corrected chi connectivity index (χ1v) is 6.09. The van der Waals surface area contributed by atoms with Crippen LogP contribution in [0.4, 0.5) is 13.2 Å². The molecular formula is C16H13F3O. The molecule has 0 saturated carbocycles. The lowest BCUT2D eigenvalue weighted by Gasteiger charge is -2.11. The van der Waals surface area contributed by atoms with Crippen LogP contribution in [0.3, 0.4) is 0 Å². The molecule has 0 bridgehead atoms. The zero-order chi connectivity index (χ0) is 14.9. The molecule has 2 aromatic carbocycles. The second-order valence-corrected chi connectivity index (χ2v) is 4.67. The summed E-state index contributed by atoms with van der Waals surface area (Å²) in [5.41, 5.74) is 1.22. The summed E-state index contributed by atoms with van der Waals surface area (Å²) in [5, 5.41) is 0. The molecule has 0 N–H and O–H groups in total. The maximum atomic E-state index is 12.7. The molecule has 0 spiro atoms. The number of alkyl halides is 3. The van der Waals surface area contributed by atoms with Crippen LogP contribution in [0, 0.1) is 13.8 Å². The van der Waals surface area contributed by atoms with Crippen molar-refractivity contribution < 1.29 is 18.0 Å². The number of aryl methyl sites for hydroxylation is 2. The molecule has 0 aliphatic heterocycles. The van der Waals surface area contributed by atoms with Crippen molar-refractivity contribution in [2.45, 2.75) is 20.0 Å². The highest BCUT2D eigenvalue weighted by Gasteiger charge is 2.31. The van der Waals surface area contributed by atoms with Gasteiger partial charge >= 0.3 is 6.18 Å². The van der Waals surface area contributed by atoms with Gasteiger partial charge in [-0.05, 0) is 37.1 Å². The van der Waals surface area contributed by atoms with Gasteiger partial charge in [-0.25, -0.2) is 0 Å². The highest BCUT2D eigenvalue weighted by molar-refractivity contribution is 6.10. The van der Waals surface area contributed by atoms with E-state index in [0.717, 1.165) is 23.3 Å². The van der Waals surface area contributed by atoms with Gasteiger partial charge in [0.1, 0.15) is 0 Å². The third-order valence-corrected chi connectivity index (χ3v) is 3.16. The Morgan fingerprint density at radius 3 is 2.05 bits per heavy atom. The highest BCUT2D eigenvalue weighted by atomic mass is 19.4. The molecule has 0 atom stereocenters. The second-order valence-electron chi connectivity index (χ2n) is 4.67. The summed E-state index contributed by atoms with van der Waals surface area (Å²) in [7, 11) is 0. The Kier molecular flexibility index (Phi) is 3.66. The summed E-state index contributed by atoms with van der Waals surface area (Å²) in [6.45, 7) is 3.54. The number of hydrogen-bond donors (Lipinski definition) is 0. The third kappa shape index (κ3) is 2.74. The van der Waals surface area contributed by atoms with E-state index in [1.807, 2.05) is 6.07 Å². The van der Waals surface area contributed by atoms with E-state index in [1.165, 1.54) is 12.1 Å². The van der Waals surface area contributed by atoms with Gasteiger partial charge in [0.25, 0.3) is 0 Å². The van der Waals surface area contributed by atoms with Crippen LogP contribution in [0.15, 0.2) is 42.5 Å². The SMILES string of the molecule is Cc1cccc(C)c1C(=O)c1cccc(C(F)(F)F)c1. The standard InChI is InChI=1S/C16H13F3O/c1-10-5-3-6-11(2)14(10)15(20)12-7-4-8-13(9-12)16(17,18)19/h3-9H,1-2H3. The average Bonchev–Trinajstić information content (AvgIpc) is 2.37. The molecule has 0 saturated heterocycles. The van der Waals surface area contributed by atoms with E-state index < -0.39 is 11.7 Å². The van der Waals surface area contributed by atoms with Gasteiger partial charge in [0.05, 0.1) is 5.56 Å². The van der Waals surface area contributed by atoms with Crippen LogP contribution in [0.2, 0.25) is 0 Å². The van der Waals surface area contributed by atoms with Gasteiger partial charge in [0.2, 0.25) is 0 Å². The lowest BCUT2D eigenvalue weighted by molar-refractivity contribution is -0.137. The van der Waals surface area contributed by atoms with Crippen LogP contribution in [0.25, 0.3) is 0 Å². The van der Waals surface area contributed by atoms with Crippen LogP contribution in [-0.4, -0.2) is 5.78 Å². The Morgan fingerprint density at radius 1 is 0.950 bits per heavy atom. The molecule has 2 rings (SSSR count). The van der Waals surface area contributed by atoms with E-state index >= 15 is 0 Å². The predicted octanol–water partition coefficient (Wildman–Crippen LogP) is 4.55. The maximum absolute atomic E-state index is 12.7. The molecule has 1 nitrogen and oxygen atoms in total. The first-order valence-electron chi connectivity index (χ1n) is 6.09. The van der Waals surface area contributed by atoms with Crippen molar-refractivity contribution in [2.75, 3.05) is 0 Å². The number of carbonyl (C=O) groups excluding carboxylic acids is 1. The summed E-state index contributed by atoms with van der Waals surface area (Å²) in [4.78, 5) is 12.4. The van der Waals surface area contributed by atoms with Gasteiger partial charge in [-0.3, -0.25) is 4.79 Å². The van der Waals surface area contributed by atoms with Crippen LogP contribution in [0.5, 0.6) is 0 Å². The Morgan fingerprint density at radius 2 is 1.50 bits per heavy atom. The number of hydrogen-bond acceptors (Lipinski definition) is 1. The topological polar surface area (TPSA) is 17.1 Å². The van der Waals surface area contributed by atoms with E-state index in [0.29, 0.717) is 5.56 Å². The molecule has 4 heteroatoms. The zero-order valence-electron chi connectivity index (χ0n) is 11.1. The molecule has 0 unspecified atom stereocenters. The Hall–Kier alpha value is -2.10. The smallest absolute Gasteiger partial charge is 0.289 e. The van der Waals surface area contributed by atoms with Crippen molar-refractivity contribution in [3.05, 3.63) is 70.3 Å². The Balaban J connectivity index is 2.50. The van der Waals surface area contributed by atoms with E-state index in [-0.39, 0.29) is 11.3 Å². The first kappa shape index (κ1) is 14.3. The van der Waals surface area contributed by atoms with Gasteiger partial charge in [-0.1, -0.05) is 30.3 Å². The van der Waals surface area contributed by atoms with Gasteiger partial charge in [0.15, 0.2) is 5.78 Å². The van der Waals surface area contributed by atoms with E-state index in [4.69, 9.17) is 0 Å². The summed E-state index contributed by atoms with van der Waals surface area (Å²) in [5.74, 6) is -0.383. The number of halogens is 3. The second kappa shape index (κ2) is 5.12. The fraction of sp³-hybridized carbons (Fsp3) is 0.188. The predicted molar refractivity (Wildman–Crippen MR) is 70.8 cm³/mol. The van der Waals surface area contributed by atoms with Crippen molar-refractivity contribution in [3.63, 3.8) is 0 Å². The molecular weight excluding hydrogens is 265 g/mol. The fourth-order valence-corrected chi connectivity index (χ4v) is 2.15. The van der Waals surface area contributed by atoms with E-state index in [9.17, 15) is 18.0 Å². The molecule has 0 aliphatic carbocycles. The summed E-state index contributed by atoms with van der Waals surface area (Å²) >= 11 is 0. The van der Waals surface area contributed by atoms with Gasteiger partial charge in [0, 0.05) is 11.1 Å². The quantitative estimate of drug-likeness (QED) is 0.736. The number of carbonyl (C=O) groups is 1. The molecule has 2 aromatic rings. The minimum Gasteiger partial charge on any atom is -0.289 e. The maximum Gasteiger partial charge on any atom is 0.416 e. The van der Waals surface area contributed by atoms with Crippen LogP contribution >= 0.6 is 0 Å². The number of rotatable bonds is 2. The Labute approximate surface area is 115 Å². The zero-order valence-corrected chi connectivity index (χ0v) is 11.1. The highest BCUT2D eigenvalue weighted by Crippen LogP contribution is 2.30. The summed E-state index contributed by atoms with van der Waals surface area (Å²) in [6, 6.07) is 9.87. The van der Waals surface area contributed by atoms with Gasteiger partial charge in [-0.2, -0.15) is 13.2 Å². The van der Waals surface area contributed by atoms with Crippen molar-refractivity contribution in [3.8, 4) is 0 Å². The van der Waals surface area contributed by atoms with Crippen LogP contribution in [-0.2, 0) is 6.18 Å². The summed E-state index contributed by atoms with van der Waals surface area (Å²) in [6.07, 6.45) is -4.45. The number of ketones is 1. The molecule has 0 aliphatic rings. The molecule has 20 heavy (non-hydrogen) atoms. The molecule has 0 radical (unpaired) electrons. The van der Waals surface area contributed by atoms with Gasteiger partial charge < -0.3 is 0 Å². The van der Waals surface area contributed by atoms with Crippen LogP contribution in [0.1, 0.15) is 32.6 Å². The lowest BCUT2D eigenvalue weighted by Crippen LogP contribution is -2.10. The lowest BCUT2D eigenvalue weighted by atomic mass is 9.94. The molecule has 0 amide bonds. The first-order chi connectivity index (χ1) is 9.30. The number of benzene rings is 2. The minimum absolute atomic E-state index is 0.0530. The Bertz CT molecular complexity index is 637. The summed E-state index contributed by atoms with van der Waals surface area (Å²) < 4.78 is 38.0. The normalized spacial score (nSPS) is 11.4. The van der Waals surface area contributed by atoms with E-state index in [1.54, 1.807) is 26.0 Å². The van der Waals surface area contributed by atoms with Gasteiger partial charge in [-0.15, -0.1) is 0 Å². The largest absolute Gasteiger partial charge is 0.416 e. The molecule has 0 heterocycles. The molecule has 0 aromatic heterocycles. The fourth-order valence-electron chi connectivity index (χ4n) is 2.15. The van der Waals surface area contributed by atoms with Crippen molar-refractivity contribution in [1.29, 1.82) is 0 Å². The minimum atomic E-state index is -4.45. The average molecular weight is 278 g/mol. The third-order valence-electron chi connectivity index (χ3n) is 3.16. The van der Waals surface area contributed by atoms with E-state index in [2.05, 4.69) is 0 Å². The van der Waals surface area contributed by atoms with Crippen LogP contribution < -0.4 is 0 Å².